The lowest BCUT2D eigenvalue weighted by Crippen LogP contribution is -2.30. The average molecular weight is 640 g/mol. The molecular formula is C32H25F4N3O5S. The molecule has 0 spiro atoms. The third-order valence-electron chi connectivity index (χ3n) is 6.18. The maximum Gasteiger partial charge on any atom is 0.272 e. The fraction of sp³-hybridized carbons (Fsp3) is 0.0938. The van der Waals surface area contributed by atoms with E-state index in [1.807, 2.05) is 5.32 Å². The molecule has 4 rings (SSSR count). The van der Waals surface area contributed by atoms with Gasteiger partial charge < -0.3 is 25.8 Å². The monoisotopic (exact) mass is 639 g/mol. The number of carbonyl (C=O) groups excluding carboxylic acids is 3. The molecule has 0 fully saturated rings. The molecule has 4 N–H and O–H groups in total. The fourth-order valence-electron chi connectivity index (χ4n) is 3.93. The second kappa shape index (κ2) is 14.4. The molecule has 0 saturated carbocycles. The Morgan fingerprint density at radius 2 is 1.56 bits per heavy atom. The number of ether oxygens (including phenoxy) is 1. The van der Waals surface area contributed by atoms with Gasteiger partial charge in [0.05, 0.1) is 12.4 Å². The highest BCUT2D eigenvalue weighted by atomic mass is 32.2. The number of rotatable bonds is 10. The molecule has 0 saturated heterocycles. The Kier molecular flexibility index (Phi) is 10.5. The predicted octanol–water partition coefficient (Wildman–Crippen LogP) is 6.49. The van der Waals surface area contributed by atoms with Crippen LogP contribution in [0.4, 0.5) is 28.9 Å². The van der Waals surface area contributed by atoms with Gasteiger partial charge in [0, 0.05) is 33.8 Å². The molecule has 0 aliphatic rings. The van der Waals surface area contributed by atoms with Crippen LogP contribution < -0.4 is 20.7 Å². The summed E-state index contributed by atoms with van der Waals surface area (Å²) < 4.78 is 60.4. The molecule has 13 heteroatoms. The number of methoxy groups -OCH3 is 1. The molecule has 45 heavy (non-hydrogen) atoms. The molecule has 4 aromatic carbocycles. The van der Waals surface area contributed by atoms with E-state index in [0.717, 1.165) is 11.8 Å². The molecular weight excluding hydrogens is 614 g/mol. The van der Waals surface area contributed by atoms with Crippen molar-refractivity contribution in [2.75, 3.05) is 17.7 Å². The molecule has 1 unspecified atom stereocenters. The molecule has 0 aromatic heterocycles. The van der Waals surface area contributed by atoms with Crippen molar-refractivity contribution in [3.8, 4) is 11.5 Å². The quantitative estimate of drug-likeness (QED) is 0.0683. The van der Waals surface area contributed by atoms with Gasteiger partial charge in [-0.15, -0.1) is 11.8 Å². The topological polar surface area (TPSA) is 117 Å². The normalized spacial score (nSPS) is 11.8. The van der Waals surface area contributed by atoms with E-state index in [4.69, 9.17) is 4.74 Å². The molecule has 3 amide bonds. The third-order valence-corrected chi connectivity index (χ3v) is 7.27. The highest BCUT2D eigenvalue weighted by Gasteiger charge is 2.24. The Morgan fingerprint density at radius 3 is 2.22 bits per heavy atom. The van der Waals surface area contributed by atoms with Crippen molar-refractivity contribution < 1.29 is 41.8 Å². The predicted molar refractivity (Wildman–Crippen MR) is 162 cm³/mol. The van der Waals surface area contributed by atoms with Gasteiger partial charge in [0.15, 0.2) is 23.3 Å². The second-order valence-corrected chi connectivity index (χ2v) is 10.8. The van der Waals surface area contributed by atoms with E-state index in [0.29, 0.717) is 16.0 Å². The Hall–Kier alpha value is -5.30. The van der Waals surface area contributed by atoms with Crippen LogP contribution >= 0.6 is 11.8 Å². The summed E-state index contributed by atoms with van der Waals surface area (Å²) in [5.41, 5.74) is -0.471. The molecule has 0 aliphatic carbocycles. The molecule has 0 bridgehead atoms. The number of aromatic hydroxyl groups is 1. The second-order valence-electron chi connectivity index (χ2n) is 9.38. The number of hydrogen-bond acceptors (Lipinski definition) is 6. The number of nitrogens with one attached hydrogen (secondary N) is 3. The SMILES string of the molecule is COc1cc(O)ccc1/C=C(/NC(=O)c1ccccc1)C(=O)Nc1cccc(SC(C)C(=O)Nc2c(F)c(F)cc(F)c2F)c1. The van der Waals surface area contributed by atoms with Gasteiger partial charge in [-0.2, -0.15) is 0 Å². The van der Waals surface area contributed by atoms with Crippen LogP contribution in [0, 0.1) is 23.3 Å². The molecule has 0 aliphatic heterocycles. The lowest BCUT2D eigenvalue weighted by atomic mass is 10.1. The van der Waals surface area contributed by atoms with Gasteiger partial charge in [0.1, 0.15) is 22.9 Å². The van der Waals surface area contributed by atoms with E-state index >= 15 is 0 Å². The van der Waals surface area contributed by atoms with Crippen LogP contribution in [0.15, 0.2) is 89.5 Å². The van der Waals surface area contributed by atoms with Crippen LogP contribution in [0.3, 0.4) is 0 Å². The highest BCUT2D eigenvalue weighted by molar-refractivity contribution is 8.00. The first-order chi connectivity index (χ1) is 21.5. The van der Waals surface area contributed by atoms with Crippen LogP contribution in [-0.4, -0.2) is 35.2 Å². The van der Waals surface area contributed by atoms with Gasteiger partial charge in [-0.1, -0.05) is 24.3 Å². The minimum atomic E-state index is -1.74. The first-order valence-electron chi connectivity index (χ1n) is 13.1. The number of phenolic OH excluding ortho intramolecular Hbond substituents is 1. The Labute approximate surface area is 259 Å². The third kappa shape index (κ3) is 8.21. The summed E-state index contributed by atoms with van der Waals surface area (Å²) in [6.07, 6.45) is 1.37. The van der Waals surface area contributed by atoms with E-state index in [1.54, 1.807) is 48.5 Å². The molecule has 0 radical (unpaired) electrons. The van der Waals surface area contributed by atoms with Crippen molar-refractivity contribution in [2.24, 2.45) is 0 Å². The van der Waals surface area contributed by atoms with Gasteiger partial charge in [-0.25, -0.2) is 17.6 Å². The van der Waals surface area contributed by atoms with E-state index < -0.39 is 51.9 Å². The van der Waals surface area contributed by atoms with Gasteiger partial charge >= 0.3 is 0 Å². The van der Waals surface area contributed by atoms with Crippen molar-refractivity contribution in [3.05, 3.63) is 119 Å². The number of amides is 3. The van der Waals surface area contributed by atoms with Gasteiger partial charge in [0.25, 0.3) is 11.8 Å². The molecule has 232 valence electrons. The fourth-order valence-corrected chi connectivity index (χ4v) is 4.85. The summed E-state index contributed by atoms with van der Waals surface area (Å²) in [5.74, 6) is -8.86. The van der Waals surface area contributed by atoms with E-state index in [2.05, 4.69) is 10.6 Å². The lowest BCUT2D eigenvalue weighted by molar-refractivity contribution is -0.115. The van der Waals surface area contributed by atoms with Crippen molar-refractivity contribution >= 4 is 46.9 Å². The Balaban J connectivity index is 1.53. The largest absolute Gasteiger partial charge is 0.508 e. The number of carbonyl (C=O) groups is 3. The zero-order valence-corrected chi connectivity index (χ0v) is 24.5. The van der Waals surface area contributed by atoms with Gasteiger partial charge in [0.2, 0.25) is 5.91 Å². The Morgan fingerprint density at radius 1 is 0.867 bits per heavy atom. The van der Waals surface area contributed by atoms with Crippen LogP contribution in [0.2, 0.25) is 0 Å². The van der Waals surface area contributed by atoms with Crippen LogP contribution in [0.1, 0.15) is 22.8 Å². The first-order valence-corrected chi connectivity index (χ1v) is 14.0. The van der Waals surface area contributed by atoms with Gasteiger partial charge in [-0.3, -0.25) is 14.4 Å². The number of thioether (sulfide) groups is 1. The summed E-state index contributed by atoms with van der Waals surface area (Å²) in [6, 6.07) is 18.7. The standard InChI is InChI=1S/C32H25F4N3O5S/c1-17(30(41)39-29-27(35)23(33)16-24(34)28(29)36)45-22-10-6-9-20(14-22)37-32(43)25(38-31(42)18-7-4-3-5-8-18)13-19-11-12-21(40)15-26(19)44-2/h3-17,40H,1-2H3,(H,37,43)(H,38,42)(H,39,41)/b25-13+. The van der Waals surface area contributed by atoms with E-state index in [-0.39, 0.29) is 28.9 Å². The molecule has 1 atom stereocenters. The molecule has 8 nitrogen and oxygen atoms in total. The number of anilines is 2. The average Bonchev–Trinajstić information content (AvgIpc) is 3.02. The first kappa shape index (κ1) is 32.6. The molecule has 4 aromatic rings. The Bertz CT molecular complexity index is 1760. The maximum absolute atomic E-state index is 14.0. The van der Waals surface area contributed by atoms with Crippen molar-refractivity contribution in [1.82, 2.24) is 5.32 Å². The minimum Gasteiger partial charge on any atom is -0.508 e. The summed E-state index contributed by atoms with van der Waals surface area (Å²) >= 11 is 0.937. The van der Waals surface area contributed by atoms with Crippen molar-refractivity contribution in [3.63, 3.8) is 0 Å². The molecule has 0 heterocycles. The summed E-state index contributed by atoms with van der Waals surface area (Å²) in [4.78, 5) is 39.4. The summed E-state index contributed by atoms with van der Waals surface area (Å²) in [5, 5.41) is 15.9. The summed E-state index contributed by atoms with van der Waals surface area (Å²) in [6.45, 7) is 1.40. The number of phenols is 1. The van der Waals surface area contributed by atoms with Crippen molar-refractivity contribution in [2.45, 2.75) is 17.1 Å². The van der Waals surface area contributed by atoms with E-state index in [1.165, 1.54) is 44.4 Å². The summed E-state index contributed by atoms with van der Waals surface area (Å²) in [7, 11) is 1.38. The van der Waals surface area contributed by atoms with Crippen LogP contribution in [-0.2, 0) is 9.59 Å². The van der Waals surface area contributed by atoms with Gasteiger partial charge in [-0.05, 0) is 55.5 Å². The minimum absolute atomic E-state index is 0.0349. The number of hydrogen-bond donors (Lipinski definition) is 4. The van der Waals surface area contributed by atoms with Crippen LogP contribution in [0.25, 0.3) is 6.08 Å². The van der Waals surface area contributed by atoms with Crippen LogP contribution in [0.5, 0.6) is 11.5 Å². The maximum atomic E-state index is 14.0. The highest BCUT2D eigenvalue weighted by Crippen LogP contribution is 2.30. The van der Waals surface area contributed by atoms with E-state index in [9.17, 15) is 37.1 Å². The number of halogens is 4. The zero-order valence-electron chi connectivity index (χ0n) is 23.7. The zero-order chi connectivity index (χ0) is 32.7. The lowest BCUT2D eigenvalue weighted by Gasteiger charge is -2.15. The smallest absolute Gasteiger partial charge is 0.272 e. The number of benzene rings is 4. The van der Waals surface area contributed by atoms with Crippen molar-refractivity contribution in [1.29, 1.82) is 0 Å².